The molecule has 160 valence electrons. The van der Waals surface area contributed by atoms with Gasteiger partial charge in [-0.05, 0) is 31.4 Å². The summed E-state index contributed by atoms with van der Waals surface area (Å²) < 4.78 is 5.41. The third kappa shape index (κ3) is 3.59. The van der Waals surface area contributed by atoms with Crippen LogP contribution in [0.5, 0.6) is 0 Å². The minimum Gasteiger partial charge on any atom is -0.383 e. The van der Waals surface area contributed by atoms with Gasteiger partial charge >= 0.3 is 0 Å². The zero-order chi connectivity index (χ0) is 20.6. The zero-order valence-corrected chi connectivity index (χ0v) is 17.7. The number of anilines is 1. The minimum absolute atomic E-state index is 0.215. The second-order valence-corrected chi connectivity index (χ2v) is 9.00. The van der Waals surface area contributed by atoms with Crippen LogP contribution >= 0.6 is 0 Å². The average molecular weight is 410 g/mol. The van der Waals surface area contributed by atoms with Crippen LogP contribution in [-0.4, -0.2) is 64.4 Å². The molecule has 2 unspecified atom stereocenters. The smallest absolute Gasteiger partial charge is 0.225 e. The lowest BCUT2D eigenvalue weighted by atomic mass is 9.63. The number of ether oxygens (including phenoxy) is 1. The van der Waals surface area contributed by atoms with Crippen LogP contribution in [0, 0.1) is 18.8 Å². The zero-order valence-electron chi connectivity index (χ0n) is 17.7. The van der Waals surface area contributed by atoms with E-state index in [1.54, 1.807) is 0 Å². The summed E-state index contributed by atoms with van der Waals surface area (Å²) in [5.41, 5.74) is 2.30. The van der Waals surface area contributed by atoms with Crippen LogP contribution in [0.1, 0.15) is 36.1 Å². The standard InChI is InChI=1S/C23H31N5O2/c1-17-4-3-7-24-21(17)23(29)19-5-2-6-20(23)16-27(15-19)14-18-12-25-22(26-13-18)28-8-10-30-11-9-28/h3-4,7,12-13,19-20,29H,2,5-6,8-11,14-16H2,1H3. The number of likely N-dealkylation sites (tertiary alicyclic amines) is 1. The summed E-state index contributed by atoms with van der Waals surface area (Å²) >= 11 is 0. The van der Waals surface area contributed by atoms with Crippen molar-refractivity contribution in [1.29, 1.82) is 0 Å². The number of morpholine rings is 1. The Morgan fingerprint density at radius 2 is 1.80 bits per heavy atom. The van der Waals surface area contributed by atoms with E-state index in [9.17, 15) is 5.11 Å². The first-order chi connectivity index (χ1) is 14.6. The lowest BCUT2D eigenvalue weighted by molar-refractivity contribution is -0.151. The molecule has 0 amide bonds. The highest BCUT2D eigenvalue weighted by Gasteiger charge is 2.52. The molecule has 0 radical (unpaired) electrons. The van der Waals surface area contributed by atoms with Crippen molar-refractivity contribution in [2.24, 2.45) is 11.8 Å². The van der Waals surface area contributed by atoms with Crippen LogP contribution in [0.3, 0.4) is 0 Å². The molecule has 5 rings (SSSR count). The molecule has 2 atom stereocenters. The Morgan fingerprint density at radius 1 is 1.10 bits per heavy atom. The van der Waals surface area contributed by atoms with Gasteiger partial charge in [0.1, 0.15) is 5.60 Å². The molecular weight excluding hydrogens is 378 g/mol. The van der Waals surface area contributed by atoms with E-state index in [4.69, 9.17) is 4.74 Å². The first-order valence-electron chi connectivity index (χ1n) is 11.1. The van der Waals surface area contributed by atoms with E-state index in [0.29, 0.717) is 0 Å². The predicted octanol–water partition coefficient (Wildman–Crippen LogP) is 2.14. The fraction of sp³-hybridized carbons (Fsp3) is 0.609. The number of hydrogen-bond donors (Lipinski definition) is 1. The van der Waals surface area contributed by atoms with Gasteiger partial charge in [-0.1, -0.05) is 12.5 Å². The second kappa shape index (κ2) is 8.21. The average Bonchev–Trinajstić information content (AvgIpc) is 2.76. The van der Waals surface area contributed by atoms with Gasteiger partial charge < -0.3 is 14.7 Å². The van der Waals surface area contributed by atoms with Gasteiger partial charge in [0, 0.05) is 68.7 Å². The van der Waals surface area contributed by atoms with E-state index in [1.807, 2.05) is 24.7 Å². The van der Waals surface area contributed by atoms with Crippen molar-refractivity contribution in [2.75, 3.05) is 44.3 Å². The van der Waals surface area contributed by atoms with Crippen molar-refractivity contribution in [1.82, 2.24) is 19.9 Å². The number of aliphatic hydroxyl groups is 1. The number of nitrogens with zero attached hydrogens (tertiary/aromatic N) is 5. The summed E-state index contributed by atoms with van der Waals surface area (Å²) in [5.74, 6) is 1.22. The van der Waals surface area contributed by atoms with Gasteiger partial charge in [0.2, 0.25) is 5.95 Å². The Labute approximate surface area is 178 Å². The molecule has 2 aromatic heterocycles. The molecule has 7 nitrogen and oxygen atoms in total. The van der Waals surface area contributed by atoms with E-state index >= 15 is 0 Å². The summed E-state index contributed by atoms with van der Waals surface area (Å²) in [6.07, 6.45) is 9.01. The SMILES string of the molecule is Cc1cccnc1C1(O)C2CCCC1CN(Cc1cnc(N3CCOCC3)nc1)C2. The monoisotopic (exact) mass is 409 g/mol. The number of piperidine rings is 1. The lowest BCUT2D eigenvalue weighted by Gasteiger charge is -2.53. The number of pyridine rings is 1. The number of hydrogen-bond acceptors (Lipinski definition) is 7. The molecule has 2 aromatic rings. The Morgan fingerprint density at radius 3 is 2.47 bits per heavy atom. The highest BCUT2D eigenvalue weighted by Crippen LogP contribution is 2.49. The third-order valence-electron chi connectivity index (χ3n) is 7.09. The van der Waals surface area contributed by atoms with Crippen LogP contribution in [0.4, 0.5) is 5.95 Å². The summed E-state index contributed by atoms with van der Waals surface area (Å²) in [7, 11) is 0. The van der Waals surface area contributed by atoms with E-state index in [2.05, 4.69) is 37.7 Å². The molecule has 3 fully saturated rings. The van der Waals surface area contributed by atoms with Gasteiger partial charge in [-0.25, -0.2) is 9.97 Å². The lowest BCUT2D eigenvalue weighted by Crippen LogP contribution is -2.58. The maximum Gasteiger partial charge on any atom is 0.225 e. The Bertz CT molecular complexity index is 854. The third-order valence-corrected chi connectivity index (χ3v) is 7.09. The van der Waals surface area contributed by atoms with Gasteiger partial charge in [0.05, 0.1) is 18.9 Å². The van der Waals surface area contributed by atoms with Crippen LogP contribution < -0.4 is 4.90 Å². The molecular formula is C23H31N5O2. The van der Waals surface area contributed by atoms with Gasteiger partial charge in [-0.3, -0.25) is 9.88 Å². The highest BCUT2D eigenvalue weighted by atomic mass is 16.5. The molecule has 0 spiro atoms. The van der Waals surface area contributed by atoms with E-state index < -0.39 is 5.60 Å². The summed E-state index contributed by atoms with van der Waals surface area (Å²) in [4.78, 5) is 18.5. The largest absolute Gasteiger partial charge is 0.383 e. The van der Waals surface area contributed by atoms with Gasteiger partial charge in [-0.2, -0.15) is 0 Å². The number of aryl methyl sites for hydroxylation is 1. The topological polar surface area (TPSA) is 74.6 Å². The molecule has 3 aliphatic rings. The van der Waals surface area contributed by atoms with Gasteiger partial charge in [-0.15, -0.1) is 0 Å². The van der Waals surface area contributed by atoms with Gasteiger partial charge in [0.15, 0.2) is 0 Å². The molecule has 1 saturated carbocycles. The van der Waals surface area contributed by atoms with Crippen LogP contribution in [0.2, 0.25) is 0 Å². The fourth-order valence-electron chi connectivity index (χ4n) is 5.58. The first-order valence-corrected chi connectivity index (χ1v) is 11.1. The molecule has 2 bridgehead atoms. The number of rotatable bonds is 4. The normalized spacial score (nSPS) is 29.7. The van der Waals surface area contributed by atoms with Crippen molar-refractivity contribution in [3.63, 3.8) is 0 Å². The Kier molecular flexibility index (Phi) is 5.43. The highest BCUT2D eigenvalue weighted by molar-refractivity contribution is 5.31. The van der Waals surface area contributed by atoms with E-state index in [-0.39, 0.29) is 11.8 Å². The van der Waals surface area contributed by atoms with E-state index in [0.717, 1.165) is 81.5 Å². The summed E-state index contributed by atoms with van der Waals surface area (Å²) in [5, 5.41) is 11.8. The van der Waals surface area contributed by atoms with Crippen molar-refractivity contribution in [2.45, 2.75) is 38.3 Å². The molecule has 1 N–H and O–H groups in total. The molecule has 0 aromatic carbocycles. The summed E-state index contributed by atoms with van der Waals surface area (Å²) in [6.45, 7) is 7.83. The molecule has 30 heavy (non-hydrogen) atoms. The van der Waals surface area contributed by atoms with Crippen LogP contribution in [0.15, 0.2) is 30.7 Å². The Hall–Kier alpha value is -2.09. The summed E-state index contributed by atoms with van der Waals surface area (Å²) in [6, 6.07) is 4.02. The molecule has 2 aliphatic heterocycles. The number of aromatic nitrogens is 3. The molecule has 2 saturated heterocycles. The maximum atomic E-state index is 11.8. The maximum absolute atomic E-state index is 11.8. The van der Waals surface area contributed by atoms with Crippen molar-refractivity contribution >= 4 is 5.95 Å². The first kappa shape index (κ1) is 19.8. The molecule has 7 heteroatoms. The van der Waals surface area contributed by atoms with Crippen molar-refractivity contribution in [3.8, 4) is 0 Å². The molecule has 4 heterocycles. The van der Waals surface area contributed by atoms with Crippen molar-refractivity contribution < 1.29 is 9.84 Å². The van der Waals surface area contributed by atoms with Crippen LogP contribution in [-0.2, 0) is 16.9 Å². The minimum atomic E-state index is -0.809. The number of fused-ring (bicyclic) bond motifs is 2. The van der Waals surface area contributed by atoms with Crippen LogP contribution in [0.25, 0.3) is 0 Å². The predicted molar refractivity (Wildman–Crippen MR) is 114 cm³/mol. The van der Waals surface area contributed by atoms with Gasteiger partial charge in [0.25, 0.3) is 0 Å². The Balaban J connectivity index is 1.30. The van der Waals surface area contributed by atoms with Crippen molar-refractivity contribution in [3.05, 3.63) is 47.5 Å². The molecule has 1 aliphatic carbocycles. The fourth-order valence-corrected chi connectivity index (χ4v) is 5.58. The van der Waals surface area contributed by atoms with E-state index in [1.165, 1.54) is 6.42 Å². The second-order valence-electron chi connectivity index (χ2n) is 9.00. The quantitative estimate of drug-likeness (QED) is 0.829.